The minimum absolute atomic E-state index is 0.750. The zero-order valence-electron chi connectivity index (χ0n) is 5.39. The Labute approximate surface area is 52.5 Å². The van der Waals surface area contributed by atoms with Gasteiger partial charge in [-0.2, -0.15) is 10.6 Å². The highest BCUT2D eigenvalue weighted by atomic mass is 32.2. The van der Waals surface area contributed by atoms with Crippen molar-refractivity contribution in [2.24, 2.45) is 4.36 Å². The zero-order chi connectivity index (χ0) is 6.41. The van der Waals surface area contributed by atoms with Gasteiger partial charge >= 0.3 is 0 Å². The van der Waals surface area contributed by atoms with Crippen molar-refractivity contribution in [2.75, 3.05) is 12.8 Å². The maximum atomic E-state index is 10.3. The molecule has 0 aromatic heterocycles. The molecule has 0 aromatic rings. The largest absolute Gasteiger partial charge is 0.445 e. The molecule has 0 amide bonds. The fourth-order valence-corrected chi connectivity index (χ4v) is 0.737. The third-order valence-electron chi connectivity index (χ3n) is 0.785. The molecule has 0 spiro atoms. The van der Waals surface area contributed by atoms with Crippen LogP contribution in [-0.2, 0) is 14.8 Å². The van der Waals surface area contributed by atoms with Crippen LogP contribution in [0.3, 0.4) is 0 Å². The summed E-state index contributed by atoms with van der Waals surface area (Å²) in [5.41, 5.74) is 0. The molecule has 0 rings (SSSR count). The Morgan fingerprint density at radius 2 is 2.25 bits per heavy atom. The smallest absolute Gasteiger partial charge is 0.0122 e. The van der Waals surface area contributed by atoms with Gasteiger partial charge in [0, 0.05) is 6.54 Å². The second-order valence-corrected chi connectivity index (χ2v) is 2.74. The molecule has 8 heavy (non-hydrogen) atoms. The number of hydrogen-bond acceptors (Lipinski definition) is 3. The summed E-state index contributed by atoms with van der Waals surface area (Å²) < 4.78 is 14.0. The normalized spacial score (nSPS) is 14.2. The first-order valence-electron chi connectivity index (χ1n) is 2.78. The van der Waals surface area contributed by atoms with E-state index in [0.717, 1.165) is 19.4 Å². The van der Waals surface area contributed by atoms with E-state index >= 15 is 0 Å². The molecular weight excluding hydrogens is 122 g/mol. The maximum absolute atomic E-state index is 10.3. The van der Waals surface area contributed by atoms with E-state index in [-0.39, 0.29) is 0 Å². The topological polar surface area (TPSA) is 29.4 Å². The number of hydrogen-bond donors (Lipinski definition) is 0. The van der Waals surface area contributed by atoms with Gasteiger partial charge in [-0.1, -0.05) is 13.3 Å². The van der Waals surface area contributed by atoms with Gasteiger partial charge in [0.1, 0.15) is 0 Å². The van der Waals surface area contributed by atoms with Crippen LogP contribution in [0.4, 0.5) is 0 Å². The molecule has 0 aliphatic heterocycles. The molecule has 3 heteroatoms. The van der Waals surface area contributed by atoms with E-state index in [0.29, 0.717) is 0 Å². The highest BCUT2D eigenvalue weighted by Crippen LogP contribution is 1.85. The molecule has 0 bridgehead atoms. The van der Waals surface area contributed by atoms with Crippen LogP contribution in [0.25, 0.3) is 0 Å². The molecule has 0 heterocycles. The van der Waals surface area contributed by atoms with Gasteiger partial charge in [-0.3, -0.25) is 0 Å². The van der Waals surface area contributed by atoms with E-state index in [1.165, 1.54) is 0 Å². The predicted octanol–water partition coefficient (Wildman–Crippen LogP) is 1.56. The fourth-order valence-electron chi connectivity index (χ4n) is 0.351. The summed E-state index contributed by atoms with van der Waals surface area (Å²) in [5.74, 6) is 0. The van der Waals surface area contributed by atoms with Crippen LogP contribution in [-0.4, -0.2) is 12.8 Å². The number of nitrogens with zero attached hydrogens (tertiary/aromatic N) is 1. The summed E-state index contributed by atoms with van der Waals surface area (Å²) in [6.45, 7) is 2.84. The van der Waals surface area contributed by atoms with Crippen LogP contribution >= 0.6 is 0 Å². The first-order chi connectivity index (χ1) is 3.77. The van der Waals surface area contributed by atoms with Gasteiger partial charge in [0.25, 0.3) is 0 Å². The summed E-state index contributed by atoms with van der Waals surface area (Å²) in [7, 11) is -0.942. The third kappa shape index (κ3) is 5.95. The van der Waals surface area contributed by atoms with Crippen molar-refractivity contribution in [1.82, 2.24) is 0 Å². The van der Waals surface area contributed by atoms with E-state index in [1.54, 1.807) is 6.26 Å². The van der Waals surface area contributed by atoms with Crippen molar-refractivity contribution in [2.45, 2.75) is 19.8 Å². The molecule has 0 radical (unpaired) electrons. The standard InChI is InChI=1S/C5H12NOS/c1-3-4-5-6-8(2)7/h3-5H2,1-2H3/q-1. The Morgan fingerprint density at radius 1 is 1.62 bits per heavy atom. The van der Waals surface area contributed by atoms with Crippen molar-refractivity contribution in [3.8, 4) is 0 Å². The molecule has 0 fully saturated rings. The Bertz CT molecular complexity index is 116. The molecule has 50 valence electrons. The van der Waals surface area contributed by atoms with Crippen molar-refractivity contribution >= 4 is 10.6 Å². The van der Waals surface area contributed by atoms with Gasteiger partial charge in [-0.05, 0) is 6.42 Å². The van der Waals surface area contributed by atoms with E-state index in [1.807, 2.05) is 0 Å². The SMILES string of the molecule is CCCCN=[S-](C)=O. The minimum Gasteiger partial charge on any atom is -0.445 e. The van der Waals surface area contributed by atoms with Gasteiger partial charge in [0.05, 0.1) is 0 Å². The van der Waals surface area contributed by atoms with Crippen LogP contribution in [0.15, 0.2) is 4.36 Å². The zero-order valence-corrected chi connectivity index (χ0v) is 6.20. The van der Waals surface area contributed by atoms with Crippen LogP contribution < -0.4 is 0 Å². The first-order valence-corrected chi connectivity index (χ1v) is 4.30. The van der Waals surface area contributed by atoms with Crippen LogP contribution in [0.1, 0.15) is 19.8 Å². The molecule has 0 unspecified atom stereocenters. The Kier molecular flexibility index (Phi) is 5.06. The van der Waals surface area contributed by atoms with Gasteiger partial charge < -0.3 is 8.57 Å². The Balaban J connectivity index is 3.17. The Morgan fingerprint density at radius 3 is 2.62 bits per heavy atom. The average Bonchev–Trinajstić information content (AvgIpc) is 1.66. The monoisotopic (exact) mass is 134 g/mol. The highest BCUT2D eigenvalue weighted by Gasteiger charge is 1.71. The second kappa shape index (κ2) is 5.09. The van der Waals surface area contributed by atoms with Crippen molar-refractivity contribution in [1.29, 1.82) is 0 Å². The lowest BCUT2D eigenvalue weighted by Crippen LogP contribution is -1.77. The Hall–Kier alpha value is -0.0500. The quantitative estimate of drug-likeness (QED) is 0.425. The molecule has 0 saturated carbocycles. The molecule has 0 aliphatic rings. The van der Waals surface area contributed by atoms with E-state index < -0.39 is 10.6 Å². The van der Waals surface area contributed by atoms with Gasteiger partial charge in [0.15, 0.2) is 0 Å². The molecular formula is C5H12NOS-. The predicted molar refractivity (Wildman–Crippen MR) is 36.2 cm³/mol. The number of unbranched alkanes of at least 4 members (excludes halogenated alkanes) is 1. The van der Waals surface area contributed by atoms with Crippen molar-refractivity contribution < 1.29 is 4.21 Å². The van der Waals surface area contributed by atoms with E-state index in [4.69, 9.17) is 0 Å². The van der Waals surface area contributed by atoms with E-state index in [9.17, 15) is 4.21 Å². The highest BCUT2D eigenvalue weighted by molar-refractivity contribution is 7.73. The van der Waals surface area contributed by atoms with Gasteiger partial charge in [-0.25, -0.2) is 0 Å². The van der Waals surface area contributed by atoms with Crippen LogP contribution in [0.5, 0.6) is 0 Å². The molecule has 0 aliphatic carbocycles. The molecule has 0 atom stereocenters. The third-order valence-corrected chi connectivity index (χ3v) is 1.33. The fraction of sp³-hybridized carbons (Fsp3) is 1.00. The summed E-state index contributed by atoms with van der Waals surface area (Å²) >= 11 is 0. The lowest BCUT2D eigenvalue weighted by atomic mass is 10.3. The minimum atomic E-state index is -0.942. The van der Waals surface area contributed by atoms with Crippen LogP contribution in [0.2, 0.25) is 0 Å². The number of rotatable bonds is 3. The maximum Gasteiger partial charge on any atom is 0.0122 e. The van der Waals surface area contributed by atoms with Crippen molar-refractivity contribution in [3.05, 3.63) is 0 Å². The first kappa shape index (κ1) is 7.95. The average molecular weight is 134 g/mol. The van der Waals surface area contributed by atoms with Gasteiger partial charge in [-0.15, -0.1) is 6.26 Å². The van der Waals surface area contributed by atoms with E-state index in [2.05, 4.69) is 11.3 Å². The summed E-state index contributed by atoms with van der Waals surface area (Å²) in [6.07, 6.45) is 3.77. The summed E-state index contributed by atoms with van der Waals surface area (Å²) in [4.78, 5) is 0. The molecule has 0 aromatic carbocycles. The molecule has 2 nitrogen and oxygen atoms in total. The summed E-state index contributed by atoms with van der Waals surface area (Å²) in [5, 5.41) is 0. The van der Waals surface area contributed by atoms with Crippen LogP contribution in [0, 0.1) is 0 Å². The van der Waals surface area contributed by atoms with Crippen molar-refractivity contribution in [3.63, 3.8) is 0 Å². The van der Waals surface area contributed by atoms with Gasteiger partial charge in [0.2, 0.25) is 0 Å². The molecule has 0 N–H and O–H groups in total. The lowest BCUT2D eigenvalue weighted by Gasteiger charge is -1.93. The summed E-state index contributed by atoms with van der Waals surface area (Å²) in [6, 6.07) is 0. The molecule has 0 saturated heterocycles. The second-order valence-electron chi connectivity index (χ2n) is 1.63. The lowest BCUT2D eigenvalue weighted by molar-refractivity contribution is 0.601.